The second-order valence-corrected chi connectivity index (χ2v) is 6.66. The molecule has 0 unspecified atom stereocenters. The number of aromatic nitrogens is 2. The molecule has 1 fully saturated rings. The van der Waals surface area contributed by atoms with Gasteiger partial charge in [-0.1, -0.05) is 0 Å². The van der Waals surface area contributed by atoms with Gasteiger partial charge in [0.2, 0.25) is 0 Å². The molecule has 0 aliphatic carbocycles. The summed E-state index contributed by atoms with van der Waals surface area (Å²) in [6.07, 6.45) is 2.19. The van der Waals surface area contributed by atoms with Crippen LogP contribution in [-0.4, -0.2) is 50.9 Å². The first-order valence-corrected chi connectivity index (χ1v) is 8.45. The number of aryl methyl sites for hydroxylation is 1. The SMILES string of the molecule is Cc1cc(C(=O)N2CC(O)C2)ncc1-n1c(C=N)c(N)c2cc(F)ccc21. The van der Waals surface area contributed by atoms with E-state index in [1.54, 1.807) is 22.9 Å². The van der Waals surface area contributed by atoms with Gasteiger partial charge in [0.25, 0.3) is 5.91 Å². The van der Waals surface area contributed by atoms with Crippen LogP contribution in [0, 0.1) is 18.2 Å². The number of fused-ring (bicyclic) bond motifs is 1. The highest BCUT2D eigenvalue weighted by atomic mass is 19.1. The molecular formula is C19H18FN5O2. The van der Waals surface area contributed by atoms with Crippen LogP contribution in [-0.2, 0) is 0 Å². The Hall–Kier alpha value is -3.26. The largest absolute Gasteiger partial charge is 0.396 e. The average molecular weight is 367 g/mol. The Morgan fingerprint density at radius 3 is 2.78 bits per heavy atom. The number of aliphatic hydroxyl groups is 1. The van der Waals surface area contributed by atoms with Gasteiger partial charge in [-0.2, -0.15) is 0 Å². The molecule has 7 nitrogen and oxygen atoms in total. The number of carbonyl (C=O) groups is 1. The number of amides is 1. The zero-order chi connectivity index (χ0) is 19.3. The van der Waals surface area contributed by atoms with Gasteiger partial charge in [0.05, 0.1) is 34.9 Å². The summed E-state index contributed by atoms with van der Waals surface area (Å²) in [6.45, 7) is 2.45. The molecule has 8 heteroatoms. The summed E-state index contributed by atoms with van der Waals surface area (Å²) in [5.41, 5.74) is 9.21. The van der Waals surface area contributed by atoms with Crippen LogP contribution in [0.2, 0.25) is 0 Å². The van der Waals surface area contributed by atoms with Crippen LogP contribution in [0.3, 0.4) is 0 Å². The third kappa shape index (κ3) is 2.65. The number of pyridine rings is 1. The molecule has 0 spiro atoms. The number of benzene rings is 1. The van der Waals surface area contributed by atoms with Crippen LogP contribution in [0.4, 0.5) is 10.1 Å². The van der Waals surface area contributed by atoms with Crippen molar-refractivity contribution in [2.75, 3.05) is 18.8 Å². The zero-order valence-electron chi connectivity index (χ0n) is 14.6. The van der Waals surface area contributed by atoms with Gasteiger partial charge < -0.3 is 25.7 Å². The van der Waals surface area contributed by atoms with E-state index in [0.29, 0.717) is 41.1 Å². The van der Waals surface area contributed by atoms with E-state index in [-0.39, 0.29) is 11.6 Å². The third-order valence-corrected chi connectivity index (χ3v) is 4.84. The summed E-state index contributed by atoms with van der Waals surface area (Å²) in [5.74, 6) is -0.642. The molecule has 0 bridgehead atoms. The average Bonchev–Trinajstić information content (AvgIpc) is 2.89. The standard InChI is InChI=1S/C19H18FN5O2/c1-10-4-14(19(27)24-8-12(26)9-24)23-7-17(10)25-15-3-2-11(20)5-13(15)18(22)16(25)6-21/h2-7,12,21,26H,8-9,22H2,1H3. The predicted molar refractivity (Wildman–Crippen MR) is 100.0 cm³/mol. The van der Waals surface area contributed by atoms with Crippen LogP contribution < -0.4 is 5.73 Å². The Bertz CT molecular complexity index is 1090. The van der Waals surface area contributed by atoms with E-state index in [1.807, 2.05) is 6.92 Å². The smallest absolute Gasteiger partial charge is 0.272 e. The minimum atomic E-state index is -0.473. The van der Waals surface area contributed by atoms with E-state index >= 15 is 0 Å². The number of nitrogens with one attached hydrogen (secondary N) is 1. The fourth-order valence-electron chi connectivity index (χ4n) is 3.39. The van der Waals surface area contributed by atoms with Crippen molar-refractivity contribution in [2.24, 2.45) is 0 Å². The molecule has 3 aromatic rings. The number of nitrogens with two attached hydrogens (primary N) is 1. The number of anilines is 1. The molecule has 0 saturated carbocycles. The first kappa shape index (κ1) is 17.2. The van der Waals surface area contributed by atoms with Gasteiger partial charge in [0.1, 0.15) is 11.5 Å². The maximum absolute atomic E-state index is 13.6. The normalized spacial score (nSPS) is 14.4. The number of β-amino-alcohol motifs (C(OH)–C–C–N with tert-alkyl or cyclic N) is 1. The fraction of sp³-hybridized carbons (Fsp3) is 0.211. The number of aliphatic hydroxyl groups excluding tert-OH is 1. The minimum absolute atomic E-state index is 0.235. The monoisotopic (exact) mass is 367 g/mol. The van der Waals surface area contributed by atoms with E-state index in [4.69, 9.17) is 11.1 Å². The number of halogens is 1. The summed E-state index contributed by atoms with van der Waals surface area (Å²) >= 11 is 0. The lowest BCUT2D eigenvalue weighted by Gasteiger charge is -2.35. The van der Waals surface area contributed by atoms with Gasteiger partial charge in [-0.15, -0.1) is 0 Å². The minimum Gasteiger partial charge on any atom is -0.396 e. The number of carbonyl (C=O) groups excluding carboxylic acids is 1. The molecule has 3 heterocycles. The number of hydrogen-bond donors (Lipinski definition) is 3. The van der Waals surface area contributed by atoms with Crippen molar-refractivity contribution in [3.8, 4) is 5.69 Å². The molecule has 2 aromatic heterocycles. The molecule has 1 saturated heterocycles. The first-order chi connectivity index (χ1) is 12.9. The van der Waals surface area contributed by atoms with Crippen molar-refractivity contribution >= 4 is 28.7 Å². The molecule has 4 rings (SSSR count). The maximum atomic E-state index is 13.6. The lowest BCUT2D eigenvalue weighted by Crippen LogP contribution is -2.53. The number of likely N-dealkylation sites (tertiary alicyclic amines) is 1. The first-order valence-electron chi connectivity index (χ1n) is 8.45. The zero-order valence-corrected chi connectivity index (χ0v) is 14.6. The van der Waals surface area contributed by atoms with Gasteiger partial charge in [0, 0.05) is 24.7 Å². The van der Waals surface area contributed by atoms with E-state index in [9.17, 15) is 14.3 Å². The highest BCUT2D eigenvalue weighted by Crippen LogP contribution is 2.32. The molecule has 1 aromatic carbocycles. The van der Waals surface area contributed by atoms with Crippen molar-refractivity contribution in [3.05, 3.63) is 53.2 Å². The van der Waals surface area contributed by atoms with Crippen molar-refractivity contribution in [1.29, 1.82) is 5.41 Å². The molecule has 0 radical (unpaired) electrons. The molecule has 1 aliphatic rings. The molecule has 138 valence electrons. The Labute approximate surface area is 154 Å². The second kappa shape index (κ2) is 6.17. The van der Waals surface area contributed by atoms with Crippen LogP contribution in [0.1, 0.15) is 21.7 Å². The molecule has 27 heavy (non-hydrogen) atoms. The lowest BCUT2D eigenvalue weighted by molar-refractivity contribution is 0.00550. The van der Waals surface area contributed by atoms with Crippen LogP contribution >= 0.6 is 0 Å². The molecular weight excluding hydrogens is 349 g/mol. The summed E-state index contributed by atoms with van der Waals surface area (Å²) in [5, 5.41) is 17.6. The van der Waals surface area contributed by atoms with Crippen molar-refractivity contribution in [2.45, 2.75) is 13.0 Å². The topological polar surface area (TPSA) is 108 Å². The molecule has 1 aliphatic heterocycles. The predicted octanol–water partition coefficient (Wildman–Crippen LogP) is 1.87. The number of nitrogens with zero attached hydrogens (tertiary/aromatic N) is 3. The van der Waals surface area contributed by atoms with Gasteiger partial charge >= 0.3 is 0 Å². The summed E-state index contributed by atoms with van der Waals surface area (Å²) in [6, 6.07) is 5.95. The third-order valence-electron chi connectivity index (χ3n) is 4.84. The van der Waals surface area contributed by atoms with Gasteiger partial charge in [-0.3, -0.25) is 4.79 Å². The Balaban J connectivity index is 1.82. The van der Waals surface area contributed by atoms with Gasteiger partial charge in [-0.25, -0.2) is 9.37 Å². The van der Waals surface area contributed by atoms with E-state index < -0.39 is 11.9 Å². The van der Waals surface area contributed by atoms with Crippen molar-refractivity contribution < 1.29 is 14.3 Å². The second-order valence-electron chi connectivity index (χ2n) is 6.66. The van der Waals surface area contributed by atoms with Gasteiger partial charge in [-0.05, 0) is 36.8 Å². The van der Waals surface area contributed by atoms with Crippen LogP contribution in [0.15, 0.2) is 30.5 Å². The number of nitrogen functional groups attached to an aromatic ring is 1. The van der Waals surface area contributed by atoms with E-state index in [1.165, 1.54) is 17.0 Å². The maximum Gasteiger partial charge on any atom is 0.272 e. The lowest BCUT2D eigenvalue weighted by atomic mass is 10.1. The Morgan fingerprint density at radius 1 is 1.41 bits per heavy atom. The summed E-state index contributed by atoms with van der Waals surface area (Å²) < 4.78 is 15.4. The quantitative estimate of drug-likeness (QED) is 0.614. The summed E-state index contributed by atoms with van der Waals surface area (Å²) in [7, 11) is 0. The Morgan fingerprint density at radius 2 is 2.15 bits per heavy atom. The molecule has 1 amide bonds. The van der Waals surface area contributed by atoms with Crippen LogP contribution in [0.25, 0.3) is 16.6 Å². The fourth-order valence-corrected chi connectivity index (χ4v) is 3.39. The van der Waals surface area contributed by atoms with Gasteiger partial charge in [0.15, 0.2) is 0 Å². The van der Waals surface area contributed by atoms with Crippen molar-refractivity contribution in [1.82, 2.24) is 14.5 Å². The van der Waals surface area contributed by atoms with E-state index in [0.717, 1.165) is 11.8 Å². The number of rotatable bonds is 3. The Kier molecular flexibility index (Phi) is 3.92. The summed E-state index contributed by atoms with van der Waals surface area (Å²) in [4.78, 5) is 18.2. The highest BCUT2D eigenvalue weighted by molar-refractivity contribution is 6.03. The molecule has 4 N–H and O–H groups in total. The molecule has 0 atom stereocenters. The van der Waals surface area contributed by atoms with E-state index in [2.05, 4.69) is 4.98 Å². The van der Waals surface area contributed by atoms with Crippen LogP contribution in [0.5, 0.6) is 0 Å². The highest BCUT2D eigenvalue weighted by Gasteiger charge is 2.30. The van der Waals surface area contributed by atoms with Crippen molar-refractivity contribution in [3.63, 3.8) is 0 Å². The number of hydrogen-bond acceptors (Lipinski definition) is 5.